The van der Waals surface area contributed by atoms with Crippen molar-refractivity contribution in [3.05, 3.63) is 95.8 Å². The van der Waals surface area contributed by atoms with Gasteiger partial charge < -0.3 is 5.11 Å². The molecule has 3 aromatic carbocycles. The molecule has 1 heterocycles. The molecule has 29 heavy (non-hydrogen) atoms. The zero-order valence-electron chi connectivity index (χ0n) is 15.3. The number of carbonyl (C=O) groups is 1. The van der Waals surface area contributed by atoms with Crippen LogP contribution in [0.15, 0.2) is 79.1 Å². The van der Waals surface area contributed by atoms with Gasteiger partial charge in [-0.05, 0) is 47.0 Å². The fourth-order valence-corrected chi connectivity index (χ4v) is 2.98. The standard InChI is InChI=1S/C24H15N3O2/c25-15-20-14-19(7-10-24(20)29)17-3-5-18(6-4-17)23(28)9-2-16-1-8-21-22(13-16)27-12-11-26-21/h1-14,29H/b9-2+. The van der Waals surface area contributed by atoms with Crippen molar-refractivity contribution >= 4 is 22.9 Å². The number of hydrogen-bond donors (Lipinski definition) is 1. The van der Waals surface area contributed by atoms with Gasteiger partial charge >= 0.3 is 0 Å². The maximum atomic E-state index is 12.5. The molecule has 4 rings (SSSR count). The molecule has 0 aliphatic rings. The van der Waals surface area contributed by atoms with Crippen molar-refractivity contribution in [2.24, 2.45) is 0 Å². The molecular formula is C24H15N3O2. The number of aromatic hydroxyl groups is 1. The number of aromatic nitrogens is 2. The number of phenols is 1. The number of ketones is 1. The first-order valence-corrected chi connectivity index (χ1v) is 8.91. The molecule has 1 N–H and O–H groups in total. The first-order chi connectivity index (χ1) is 14.1. The summed E-state index contributed by atoms with van der Waals surface area (Å²) in [6.45, 7) is 0. The maximum Gasteiger partial charge on any atom is 0.185 e. The zero-order chi connectivity index (χ0) is 20.2. The first kappa shape index (κ1) is 18.1. The molecular weight excluding hydrogens is 362 g/mol. The lowest BCUT2D eigenvalue weighted by Crippen LogP contribution is -1.94. The molecule has 0 spiro atoms. The Bertz CT molecular complexity index is 1290. The van der Waals surface area contributed by atoms with Crippen LogP contribution in [0.3, 0.4) is 0 Å². The van der Waals surface area contributed by atoms with E-state index >= 15 is 0 Å². The molecule has 0 aliphatic heterocycles. The minimum absolute atomic E-state index is 0.0483. The lowest BCUT2D eigenvalue weighted by Gasteiger charge is -2.04. The second-order valence-corrected chi connectivity index (χ2v) is 6.42. The van der Waals surface area contributed by atoms with Crippen molar-refractivity contribution in [1.29, 1.82) is 5.26 Å². The molecule has 0 bridgehead atoms. The van der Waals surface area contributed by atoms with Crippen LogP contribution < -0.4 is 0 Å². The third-order valence-corrected chi connectivity index (χ3v) is 4.54. The number of fused-ring (bicyclic) bond motifs is 1. The Kier molecular flexibility index (Phi) is 4.83. The summed E-state index contributed by atoms with van der Waals surface area (Å²) in [5.41, 5.74) is 4.88. The van der Waals surface area contributed by atoms with Gasteiger partial charge in [-0.2, -0.15) is 5.26 Å². The van der Waals surface area contributed by atoms with Crippen LogP contribution in [0.5, 0.6) is 5.75 Å². The average molecular weight is 377 g/mol. The van der Waals surface area contributed by atoms with Crippen molar-refractivity contribution in [2.45, 2.75) is 0 Å². The van der Waals surface area contributed by atoms with Gasteiger partial charge in [-0.3, -0.25) is 14.8 Å². The van der Waals surface area contributed by atoms with Crippen molar-refractivity contribution in [1.82, 2.24) is 9.97 Å². The normalized spacial score (nSPS) is 10.9. The topological polar surface area (TPSA) is 86.9 Å². The molecule has 138 valence electrons. The Labute approximate surface area is 167 Å². The Morgan fingerprint density at radius 1 is 0.897 bits per heavy atom. The predicted molar refractivity (Wildman–Crippen MR) is 111 cm³/mol. The van der Waals surface area contributed by atoms with Gasteiger partial charge in [0.15, 0.2) is 5.78 Å². The lowest BCUT2D eigenvalue weighted by atomic mass is 10.00. The highest BCUT2D eigenvalue weighted by Crippen LogP contribution is 2.26. The summed E-state index contributed by atoms with van der Waals surface area (Å²) in [4.78, 5) is 21.0. The van der Waals surface area contributed by atoms with E-state index in [-0.39, 0.29) is 17.1 Å². The van der Waals surface area contributed by atoms with Gasteiger partial charge in [0.25, 0.3) is 0 Å². The maximum absolute atomic E-state index is 12.5. The van der Waals surface area contributed by atoms with E-state index in [1.807, 2.05) is 36.4 Å². The van der Waals surface area contributed by atoms with E-state index in [1.165, 1.54) is 12.1 Å². The molecule has 0 saturated carbocycles. The fraction of sp³-hybridized carbons (Fsp3) is 0. The average Bonchev–Trinajstić information content (AvgIpc) is 2.78. The van der Waals surface area contributed by atoms with E-state index in [9.17, 15) is 9.90 Å². The van der Waals surface area contributed by atoms with Crippen LogP contribution in [0.1, 0.15) is 21.5 Å². The van der Waals surface area contributed by atoms with Crippen LogP contribution in [-0.2, 0) is 0 Å². The van der Waals surface area contributed by atoms with Gasteiger partial charge in [0, 0.05) is 18.0 Å². The number of hydrogen-bond acceptors (Lipinski definition) is 5. The highest BCUT2D eigenvalue weighted by molar-refractivity contribution is 6.07. The van der Waals surface area contributed by atoms with Crippen LogP contribution in [0.2, 0.25) is 0 Å². The van der Waals surface area contributed by atoms with Crippen LogP contribution in [0.25, 0.3) is 28.2 Å². The second kappa shape index (κ2) is 7.75. The second-order valence-electron chi connectivity index (χ2n) is 6.42. The molecule has 0 radical (unpaired) electrons. The number of benzene rings is 3. The fourth-order valence-electron chi connectivity index (χ4n) is 2.98. The summed E-state index contributed by atoms with van der Waals surface area (Å²) < 4.78 is 0. The van der Waals surface area contributed by atoms with Crippen molar-refractivity contribution in [2.75, 3.05) is 0 Å². The summed E-state index contributed by atoms with van der Waals surface area (Å²) in [6, 6.07) is 19.6. The molecule has 5 nitrogen and oxygen atoms in total. The highest BCUT2D eigenvalue weighted by Gasteiger charge is 2.06. The van der Waals surface area contributed by atoms with Gasteiger partial charge in [0.05, 0.1) is 16.6 Å². The number of rotatable bonds is 4. The van der Waals surface area contributed by atoms with Gasteiger partial charge in [-0.15, -0.1) is 0 Å². The number of nitriles is 1. The zero-order valence-corrected chi connectivity index (χ0v) is 15.3. The summed E-state index contributed by atoms with van der Waals surface area (Å²) in [5, 5.41) is 18.7. The summed E-state index contributed by atoms with van der Waals surface area (Å²) in [7, 11) is 0. The molecule has 5 heteroatoms. The minimum Gasteiger partial charge on any atom is -0.507 e. The van der Waals surface area contributed by atoms with Crippen LogP contribution >= 0.6 is 0 Å². The number of carbonyl (C=O) groups excluding carboxylic acids is 1. The van der Waals surface area contributed by atoms with Crippen molar-refractivity contribution < 1.29 is 9.90 Å². The summed E-state index contributed by atoms with van der Waals surface area (Å²) >= 11 is 0. The molecule has 0 fully saturated rings. The SMILES string of the molecule is N#Cc1cc(-c2ccc(C(=O)/C=C/c3ccc4nccnc4c3)cc2)ccc1O. The summed E-state index contributed by atoms with van der Waals surface area (Å²) in [6.07, 6.45) is 6.56. The third kappa shape index (κ3) is 3.87. The molecule has 0 saturated heterocycles. The Balaban J connectivity index is 1.53. The van der Waals surface area contributed by atoms with E-state index in [1.54, 1.807) is 42.7 Å². The summed E-state index contributed by atoms with van der Waals surface area (Å²) in [5.74, 6) is -0.160. The minimum atomic E-state index is -0.112. The predicted octanol–water partition coefficient (Wildman–Crippen LogP) is 4.77. The number of allylic oxidation sites excluding steroid dienone is 1. The molecule has 1 aromatic heterocycles. The molecule has 0 unspecified atom stereocenters. The molecule has 4 aromatic rings. The first-order valence-electron chi connectivity index (χ1n) is 8.91. The highest BCUT2D eigenvalue weighted by atomic mass is 16.3. The number of nitrogens with zero attached hydrogens (tertiary/aromatic N) is 3. The van der Waals surface area contributed by atoms with E-state index in [0.29, 0.717) is 5.56 Å². The Morgan fingerprint density at radius 3 is 2.38 bits per heavy atom. The van der Waals surface area contributed by atoms with E-state index in [2.05, 4.69) is 9.97 Å². The van der Waals surface area contributed by atoms with Gasteiger partial charge in [0.1, 0.15) is 11.8 Å². The monoisotopic (exact) mass is 377 g/mol. The lowest BCUT2D eigenvalue weighted by molar-refractivity contribution is 0.104. The number of phenolic OH excluding ortho intramolecular Hbond substituents is 1. The Hall–Kier alpha value is -4.30. The van der Waals surface area contributed by atoms with Gasteiger partial charge in [-0.1, -0.05) is 42.5 Å². The van der Waals surface area contributed by atoms with E-state index in [0.717, 1.165) is 27.7 Å². The molecule has 0 atom stereocenters. The Morgan fingerprint density at radius 2 is 1.62 bits per heavy atom. The quantitative estimate of drug-likeness (QED) is 0.409. The van der Waals surface area contributed by atoms with Gasteiger partial charge in [0.2, 0.25) is 0 Å². The molecule has 0 aliphatic carbocycles. The van der Waals surface area contributed by atoms with E-state index < -0.39 is 0 Å². The van der Waals surface area contributed by atoms with Crippen molar-refractivity contribution in [3.63, 3.8) is 0 Å². The van der Waals surface area contributed by atoms with Crippen LogP contribution in [0.4, 0.5) is 0 Å². The smallest absolute Gasteiger partial charge is 0.185 e. The van der Waals surface area contributed by atoms with E-state index in [4.69, 9.17) is 5.26 Å². The molecule has 0 amide bonds. The van der Waals surface area contributed by atoms with Gasteiger partial charge in [-0.25, -0.2) is 0 Å². The van der Waals surface area contributed by atoms with Crippen LogP contribution in [0, 0.1) is 11.3 Å². The third-order valence-electron chi connectivity index (χ3n) is 4.54. The largest absolute Gasteiger partial charge is 0.507 e. The van der Waals surface area contributed by atoms with Crippen LogP contribution in [-0.4, -0.2) is 20.9 Å². The van der Waals surface area contributed by atoms with Crippen molar-refractivity contribution in [3.8, 4) is 22.9 Å².